The second-order valence-corrected chi connectivity index (χ2v) is 8.04. The van der Waals surface area contributed by atoms with E-state index in [2.05, 4.69) is 4.90 Å². The molecule has 4 rings (SSSR count). The van der Waals surface area contributed by atoms with Gasteiger partial charge in [-0.05, 0) is 31.0 Å². The number of piperazine rings is 1. The molecule has 134 valence electrons. The molecular formula is C18H20ClFN2O2S. The zero-order valence-electron chi connectivity index (χ0n) is 13.8. The first kappa shape index (κ1) is 17.2. The predicted octanol–water partition coefficient (Wildman–Crippen LogP) is 3.63. The fourth-order valence-electron chi connectivity index (χ4n) is 3.53. The van der Waals surface area contributed by atoms with Crippen LogP contribution in [0.4, 0.5) is 4.39 Å². The average molecular weight is 383 g/mol. The number of nitrogens with zero attached hydrogens (tertiary/aromatic N) is 2. The van der Waals surface area contributed by atoms with Crippen molar-refractivity contribution in [3.8, 4) is 0 Å². The highest BCUT2D eigenvalue weighted by Gasteiger charge is 2.27. The molecule has 25 heavy (non-hydrogen) atoms. The van der Waals surface area contributed by atoms with Crippen molar-refractivity contribution in [3.05, 3.63) is 33.9 Å². The molecule has 2 aliphatic rings. The molecule has 1 aromatic carbocycles. The molecule has 1 aromatic heterocycles. The van der Waals surface area contributed by atoms with Gasteiger partial charge in [0.05, 0.1) is 11.1 Å². The van der Waals surface area contributed by atoms with E-state index in [1.807, 2.05) is 4.90 Å². The summed E-state index contributed by atoms with van der Waals surface area (Å²) >= 11 is 7.65. The Morgan fingerprint density at radius 1 is 1.32 bits per heavy atom. The van der Waals surface area contributed by atoms with E-state index in [0.717, 1.165) is 44.5 Å². The minimum absolute atomic E-state index is 0.0524. The molecule has 0 aliphatic carbocycles. The van der Waals surface area contributed by atoms with Crippen LogP contribution < -0.4 is 0 Å². The fourth-order valence-corrected chi connectivity index (χ4v) is 5.03. The second-order valence-electron chi connectivity index (χ2n) is 6.61. The first-order valence-corrected chi connectivity index (χ1v) is 9.82. The maximum atomic E-state index is 13.4. The maximum Gasteiger partial charge on any atom is 0.265 e. The molecule has 7 heteroatoms. The number of hydrogen-bond acceptors (Lipinski definition) is 4. The molecular weight excluding hydrogens is 363 g/mol. The molecule has 1 amide bonds. The van der Waals surface area contributed by atoms with Gasteiger partial charge in [0, 0.05) is 49.4 Å². The van der Waals surface area contributed by atoms with Crippen molar-refractivity contribution in [1.82, 2.24) is 9.80 Å². The highest BCUT2D eigenvalue weighted by Crippen LogP contribution is 2.36. The summed E-state index contributed by atoms with van der Waals surface area (Å²) in [6, 6.07) is 4.45. The minimum Gasteiger partial charge on any atom is -0.377 e. The predicted molar refractivity (Wildman–Crippen MR) is 98.1 cm³/mol. The Balaban J connectivity index is 1.42. The van der Waals surface area contributed by atoms with Gasteiger partial charge in [0.2, 0.25) is 0 Å². The normalized spacial score (nSPS) is 22.0. The van der Waals surface area contributed by atoms with E-state index >= 15 is 0 Å². The van der Waals surface area contributed by atoms with Crippen LogP contribution in [0, 0.1) is 5.82 Å². The highest BCUT2D eigenvalue weighted by atomic mass is 35.5. The Morgan fingerprint density at radius 3 is 2.84 bits per heavy atom. The van der Waals surface area contributed by atoms with Crippen molar-refractivity contribution >= 4 is 38.9 Å². The summed E-state index contributed by atoms with van der Waals surface area (Å²) in [6.45, 7) is 4.89. The average Bonchev–Trinajstić information content (AvgIpc) is 3.23. The zero-order chi connectivity index (χ0) is 17.4. The summed E-state index contributed by atoms with van der Waals surface area (Å²) in [5.74, 6) is -0.365. The highest BCUT2D eigenvalue weighted by molar-refractivity contribution is 7.21. The van der Waals surface area contributed by atoms with Gasteiger partial charge in [-0.2, -0.15) is 0 Å². The summed E-state index contributed by atoms with van der Waals surface area (Å²) < 4.78 is 19.8. The van der Waals surface area contributed by atoms with Crippen LogP contribution in [0.25, 0.3) is 10.1 Å². The van der Waals surface area contributed by atoms with Gasteiger partial charge in [-0.15, -0.1) is 11.3 Å². The van der Waals surface area contributed by atoms with E-state index in [4.69, 9.17) is 16.3 Å². The van der Waals surface area contributed by atoms with Gasteiger partial charge in [0.1, 0.15) is 10.7 Å². The Hall–Kier alpha value is -1.21. The molecule has 0 spiro atoms. The fraction of sp³-hybridized carbons (Fsp3) is 0.500. The summed E-state index contributed by atoms with van der Waals surface area (Å²) in [5.41, 5.74) is 0. The molecule has 0 N–H and O–H groups in total. The number of amides is 1. The molecule has 3 heterocycles. The first-order chi connectivity index (χ1) is 12.1. The van der Waals surface area contributed by atoms with E-state index in [1.54, 1.807) is 6.07 Å². The number of benzene rings is 1. The van der Waals surface area contributed by atoms with Gasteiger partial charge < -0.3 is 9.64 Å². The number of rotatable bonds is 3. The molecule has 4 nitrogen and oxygen atoms in total. The summed E-state index contributed by atoms with van der Waals surface area (Å²) in [7, 11) is 0. The second kappa shape index (κ2) is 7.19. The minimum atomic E-state index is -0.313. The molecule has 0 radical (unpaired) electrons. The number of fused-ring (bicyclic) bond motifs is 1. The van der Waals surface area contributed by atoms with Crippen molar-refractivity contribution in [2.75, 3.05) is 39.3 Å². The van der Waals surface area contributed by atoms with Crippen molar-refractivity contribution in [3.63, 3.8) is 0 Å². The van der Waals surface area contributed by atoms with Gasteiger partial charge in [0.25, 0.3) is 5.91 Å². The van der Waals surface area contributed by atoms with Crippen LogP contribution in [-0.4, -0.2) is 61.1 Å². The smallest absolute Gasteiger partial charge is 0.265 e. The summed E-state index contributed by atoms with van der Waals surface area (Å²) in [6.07, 6.45) is 2.62. The van der Waals surface area contributed by atoms with Gasteiger partial charge in [-0.3, -0.25) is 9.69 Å². The van der Waals surface area contributed by atoms with Crippen LogP contribution >= 0.6 is 22.9 Å². The van der Waals surface area contributed by atoms with E-state index in [1.165, 1.54) is 23.5 Å². The first-order valence-electron chi connectivity index (χ1n) is 8.62. The lowest BCUT2D eigenvalue weighted by molar-refractivity contribution is 0.0435. The van der Waals surface area contributed by atoms with Crippen molar-refractivity contribution in [1.29, 1.82) is 0 Å². The van der Waals surface area contributed by atoms with Crippen LogP contribution in [0.15, 0.2) is 18.2 Å². The van der Waals surface area contributed by atoms with Gasteiger partial charge >= 0.3 is 0 Å². The lowest BCUT2D eigenvalue weighted by atomic mass is 10.2. The van der Waals surface area contributed by atoms with Crippen LogP contribution in [0.1, 0.15) is 22.5 Å². The van der Waals surface area contributed by atoms with Crippen molar-refractivity contribution in [2.45, 2.75) is 18.9 Å². The Labute approximate surface area is 155 Å². The standard InChI is InChI=1S/C18H20ClFN2O2S/c19-16-14-4-3-12(20)10-15(14)25-17(16)18(23)22-7-5-21(6-8-22)11-13-2-1-9-24-13/h3-4,10,13H,1-2,5-9,11H2/t13-/m0/s1. The number of carbonyl (C=O) groups is 1. The van der Waals surface area contributed by atoms with E-state index < -0.39 is 0 Å². The lowest BCUT2D eigenvalue weighted by Crippen LogP contribution is -2.50. The topological polar surface area (TPSA) is 32.8 Å². The summed E-state index contributed by atoms with van der Waals surface area (Å²) in [5, 5.41) is 1.18. The lowest BCUT2D eigenvalue weighted by Gasteiger charge is -2.35. The third kappa shape index (κ3) is 3.53. The largest absolute Gasteiger partial charge is 0.377 e. The maximum absolute atomic E-state index is 13.4. The number of ether oxygens (including phenoxy) is 1. The molecule has 2 aromatic rings. The van der Waals surface area contributed by atoms with Gasteiger partial charge in [0.15, 0.2) is 0 Å². The quantitative estimate of drug-likeness (QED) is 0.812. The Bertz CT molecular complexity index is 783. The van der Waals surface area contributed by atoms with E-state index in [0.29, 0.717) is 33.8 Å². The van der Waals surface area contributed by atoms with Gasteiger partial charge in [-0.25, -0.2) is 4.39 Å². The summed E-state index contributed by atoms with van der Waals surface area (Å²) in [4.78, 5) is 17.6. The number of hydrogen-bond donors (Lipinski definition) is 0. The van der Waals surface area contributed by atoms with Crippen LogP contribution in [0.2, 0.25) is 5.02 Å². The number of thiophene rings is 1. The molecule has 1 atom stereocenters. The third-order valence-electron chi connectivity index (χ3n) is 4.93. The van der Waals surface area contributed by atoms with Crippen LogP contribution in [0.5, 0.6) is 0 Å². The monoisotopic (exact) mass is 382 g/mol. The van der Waals surface area contributed by atoms with Crippen molar-refractivity contribution < 1.29 is 13.9 Å². The number of halogens is 2. The van der Waals surface area contributed by atoms with Crippen molar-refractivity contribution in [2.24, 2.45) is 0 Å². The Morgan fingerprint density at radius 2 is 2.12 bits per heavy atom. The molecule has 2 fully saturated rings. The zero-order valence-corrected chi connectivity index (χ0v) is 15.4. The van der Waals surface area contributed by atoms with Crippen LogP contribution in [0.3, 0.4) is 0 Å². The molecule has 0 bridgehead atoms. The third-order valence-corrected chi connectivity index (χ3v) is 6.58. The van der Waals surface area contributed by atoms with Crippen LogP contribution in [-0.2, 0) is 4.74 Å². The SMILES string of the molecule is O=C(c1sc2cc(F)ccc2c1Cl)N1CCN(C[C@@H]2CCCO2)CC1. The molecule has 0 saturated carbocycles. The molecule has 2 saturated heterocycles. The van der Waals surface area contributed by atoms with E-state index in [9.17, 15) is 9.18 Å². The number of carbonyl (C=O) groups excluding carboxylic acids is 1. The Kier molecular flexibility index (Phi) is 4.95. The van der Waals surface area contributed by atoms with Gasteiger partial charge in [-0.1, -0.05) is 11.6 Å². The molecule has 0 unspecified atom stereocenters. The van der Waals surface area contributed by atoms with E-state index in [-0.39, 0.29) is 11.7 Å². The molecule has 2 aliphatic heterocycles.